The lowest BCUT2D eigenvalue weighted by Gasteiger charge is -2.28. The summed E-state index contributed by atoms with van der Waals surface area (Å²) < 4.78 is 0. The Balaban J connectivity index is 3.23. The molecule has 1 rings (SSSR count). The molecule has 0 unspecified atom stereocenters. The molecule has 0 radical (unpaired) electrons. The average Bonchev–Trinajstić information content (AvgIpc) is 2.34. The fourth-order valence-electron chi connectivity index (χ4n) is 2.15. The van der Waals surface area contributed by atoms with E-state index in [2.05, 4.69) is 26.8 Å². The largest absolute Gasteiger partial charge is 0.311 e. The second kappa shape index (κ2) is 6.79. The third-order valence-electron chi connectivity index (χ3n) is 2.94. The quantitative estimate of drug-likeness (QED) is 0.744. The van der Waals surface area contributed by atoms with Crippen LogP contribution < -0.4 is 4.90 Å². The van der Waals surface area contributed by atoms with E-state index in [1.165, 1.54) is 5.56 Å². The van der Waals surface area contributed by atoms with Gasteiger partial charge in [-0.2, -0.15) is 0 Å². The topological polar surface area (TPSA) is 20.3 Å². The summed E-state index contributed by atoms with van der Waals surface area (Å²) in [6.45, 7) is 9.08. The number of anilines is 1. The summed E-state index contributed by atoms with van der Waals surface area (Å²) in [6, 6.07) is 6.16. The van der Waals surface area contributed by atoms with Crippen molar-refractivity contribution in [2.75, 3.05) is 17.3 Å². The standard InChI is InChI=1S/C15H22ClNO/c1-5-13-8-6-7-12(4)15(13)17(10-11(2)3)14(18)9-16/h6-8,11H,5,9-10H2,1-4H3. The van der Waals surface area contributed by atoms with Gasteiger partial charge in [0.1, 0.15) is 5.88 Å². The van der Waals surface area contributed by atoms with Gasteiger partial charge in [-0.3, -0.25) is 4.79 Å². The normalized spacial score (nSPS) is 10.8. The zero-order valence-electron chi connectivity index (χ0n) is 11.7. The number of carbonyl (C=O) groups excluding carboxylic acids is 1. The van der Waals surface area contributed by atoms with Crippen LogP contribution in [0.2, 0.25) is 0 Å². The Morgan fingerprint density at radius 3 is 2.56 bits per heavy atom. The van der Waals surface area contributed by atoms with Crippen LogP contribution in [0.3, 0.4) is 0 Å². The number of para-hydroxylation sites is 1. The highest BCUT2D eigenvalue weighted by Gasteiger charge is 2.20. The van der Waals surface area contributed by atoms with Crippen LogP contribution in [0.1, 0.15) is 31.9 Å². The van der Waals surface area contributed by atoms with Crippen molar-refractivity contribution in [1.82, 2.24) is 0 Å². The van der Waals surface area contributed by atoms with Crippen LogP contribution in [0.15, 0.2) is 18.2 Å². The molecule has 0 N–H and O–H groups in total. The number of rotatable bonds is 5. The number of aryl methyl sites for hydroxylation is 2. The summed E-state index contributed by atoms with van der Waals surface area (Å²) in [5.74, 6) is 0.431. The first-order chi connectivity index (χ1) is 8.51. The van der Waals surface area contributed by atoms with Crippen molar-refractivity contribution in [3.63, 3.8) is 0 Å². The highest BCUT2D eigenvalue weighted by molar-refractivity contribution is 6.29. The number of hydrogen-bond donors (Lipinski definition) is 0. The van der Waals surface area contributed by atoms with Crippen LogP contribution in [0.25, 0.3) is 0 Å². The summed E-state index contributed by atoms with van der Waals surface area (Å²) in [6.07, 6.45) is 0.918. The van der Waals surface area contributed by atoms with Gasteiger partial charge >= 0.3 is 0 Å². The summed E-state index contributed by atoms with van der Waals surface area (Å²) >= 11 is 5.74. The van der Waals surface area contributed by atoms with Crippen LogP contribution >= 0.6 is 11.6 Å². The maximum Gasteiger partial charge on any atom is 0.241 e. The Morgan fingerprint density at radius 1 is 1.39 bits per heavy atom. The van der Waals surface area contributed by atoms with E-state index in [1.54, 1.807) is 0 Å². The first-order valence-electron chi connectivity index (χ1n) is 6.46. The van der Waals surface area contributed by atoms with E-state index < -0.39 is 0 Å². The van der Waals surface area contributed by atoms with E-state index in [-0.39, 0.29) is 11.8 Å². The van der Waals surface area contributed by atoms with Crippen molar-refractivity contribution < 1.29 is 4.79 Å². The van der Waals surface area contributed by atoms with Gasteiger partial charge in [-0.25, -0.2) is 0 Å². The monoisotopic (exact) mass is 267 g/mol. The number of halogens is 1. The van der Waals surface area contributed by atoms with Crippen LogP contribution in [-0.4, -0.2) is 18.3 Å². The van der Waals surface area contributed by atoms with E-state index in [1.807, 2.05) is 24.0 Å². The molecule has 0 aromatic heterocycles. The second-order valence-corrected chi connectivity index (χ2v) is 5.24. The molecule has 0 saturated carbocycles. The number of hydrogen-bond acceptors (Lipinski definition) is 1. The molecule has 0 bridgehead atoms. The molecule has 0 fully saturated rings. The molecule has 1 aromatic rings. The highest BCUT2D eigenvalue weighted by Crippen LogP contribution is 2.27. The maximum absolute atomic E-state index is 12.1. The molecule has 1 amide bonds. The first kappa shape index (κ1) is 15.0. The van der Waals surface area contributed by atoms with Crippen LogP contribution in [0, 0.1) is 12.8 Å². The SMILES string of the molecule is CCc1cccc(C)c1N(CC(C)C)C(=O)CCl. The highest BCUT2D eigenvalue weighted by atomic mass is 35.5. The molecule has 0 saturated heterocycles. The van der Waals surface area contributed by atoms with Crippen molar-refractivity contribution in [2.45, 2.75) is 34.1 Å². The van der Waals surface area contributed by atoms with Crippen LogP contribution in [-0.2, 0) is 11.2 Å². The Hall–Kier alpha value is -1.02. The molecule has 0 aliphatic rings. The van der Waals surface area contributed by atoms with Crippen LogP contribution in [0.5, 0.6) is 0 Å². The Labute approximate surface area is 115 Å². The lowest BCUT2D eigenvalue weighted by atomic mass is 10.0. The summed E-state index contributed by atoms with van der Waals surface area (Å²) in [4.78, 5) is 13.9. The van der Waals surface area contributed by atoms with Gasteiger partial charge in [-0.05, 0) is 30.4 Å². The fraction of sp³-hybridized carbons (Fsp3) is 0.533. The molecular weight excluding hydrogens is 246 g/mol. The number of nitrogens with zero attached hydrogens (tertiary/aromatic N) is 1. The maximum atomic E-state index is 12.1. The Bertz CT molecular complexity index is 415. The molecule has 0 atom stereocenters. The van der Waals surface area contributed by atoms with E-state index >= 15 is 0 Å². The lowest BCUT2D eigenvalue weighted by molar-refractivity contribution is -0.116. The zero-order valence-corrected chi connectivity index (χ0v) is 12.4. The number of carbonyl (C=O) groups is 1. The van der Waals surface area contributed by atoms with Crippen molar-refractivity contribution in [1.29, 1.82) is 0 Å². The van der Waals surface area contributed by atoms with E-state index in [9.17, 15) is 4.79 Å². The summed E-state index contributed by atoms with van der Waals surface area (Å²) in [5.41, 5.74) is 3.38. The lowest BCUT2D eigenvalue weighted by Crippen LogP contribution is -2.36. The zero-order chi connectivity index (χ0) is 13.7. The first-order valence-corrected chi connectivity index (χ1v) is 6.99. The molecule has 18 heavy (non-hydrogen) atoms. The number of alkyl halides is 1. The van der Waals surface area contributed by atoms with Gasteiger partial charge in [0, 0.05) is 12.2 Å². The van der Waals surface area contributed by atoms with E-state index in [0.29, 0.717) is 12.5 Å². The van der Waals surface area contributed by atoms with Gasteiger partial charge in [0.15, 0.2) is 0 Å². The average molecular weight is 268 g/mol. The van der Waals surface area contributed by atoms with E-state index in [0.717, 1.165) is 17.7 Å². The van der Waals surface area contributed by atoms with E-state index in [4.69, 9.17) is 11.6 Å². The van der Waals surface area contributed by atoms with Gasteiger partial charge in [-0.1, -0.05) is 39.0 Å². The molecule has 0 spiro atoms. The van der Waals surface area contributed by atoms with Crippen molar-refractivity contribution >= 4 is 23.2 Å². The van der Waals surface area contributed by atoms with Gasteiger partial charge in [0.05, 0.1) is 0 Å². The molecule has 2 nitrogen and oxygen atoms in total. The molecule has 1 aromatic carbocycles. The minimum Gasteiger partial charge on any atom is -0.311 e. The van der Waals surface area contributed by atoms with Crippen molar-refractivity contribution in [3.05, 3.63) is 29.3 Å². The van der Waals surface area contributed by atoms with Gasteiger partial charge in [0.25, 0.3) is 0 Å². The fourth-order valence-corrected chi connectivity index (χ4v) is 2.29. The third kappa shape index (κ3) is 3.49. The number of benzene rings is 1. The molecule has 0 aliphatic carbocycles. The molecule has 0 aliphatic heterocycles. The Morgan fingerprint density at radius 2 is 2.06 bits per heavy atom. The molecule has 0 heterocycles. The van der Waals surface area contributed by atoms with Crippen molar-refractivity contribution in [3.8, 4) is 0 Å². The Kier molecular flexibility index (Phi) is 5.67. The summed E-state index contributed by atoms with van der Waals surface area (Å²) in [5, 5.41) is 0. The smallest absolute Gasteiger partial charge is 0.241 e. The van der Waals surface area contributed by atoms with Gasteiger partial charge in [0.2, 0.25) is 5.91 Å². The van der Waals surface area contributed by atoms with Gasteiger partial charge in [-0.15, -0.1) is 11.6 Å². The minimum atomic E-state index is -0.0191. The molecular formula is C15H22ClNO. The third-order valence-corrected chi connectivity index (χ3v) is 3.16. The molecule has 100 valence electrons. The molecule has 3 heteroatoms. The predicted molar refractivity (Wildman–Crippen MR) is 78.5 cm³/mol. The van der Waals surface area contributed by atoms with Crippen molar-refractivity contribution in [2.24, 2.45) is 5.92 Å². The predicted octanol–water partition coefficient (Wildman–Crippen LogP) is 3.79. The number of amides is 1. The summed E-state index contributed by atoms with van der Waals surface area (Å²) in [7, 11) is 0. The van der Waals surface area contributed by atoms with Gasteiger partial charge < -0.3 is 4.90 Å². The van der Waals surface area contributed by atoms with Crippen LogP contribution in [0.4, 0.5) is 5.69 Å². The second-order valence-electron chi connectivity index (χ2n) is 4.97. The minimum absolute atomic E-state index is 0.0191.